The van der Waals surface area contributed by atoms with Crippen molar-refractivity contribution >= 4 is 50.8 Å². The summed E-state index contributed by atoms with van der Waals surface area (Å²) in [4.78, 5) is 31.2. The lowest BCUT2D eigenvalue weighted by Gasteiger charge is -2.04. The standard InChI is InChI=1S/C19H14FN5O3S2/c1-28-17(27)10-5-6-13-14(7-10)22-15(23-16(13)26)9-29-19-25-24-18(30-19)21-12-4-2-3-11(20)8-12/h2-8H,9H2,1H3,(H,21,24)(H,22,23,26). The molecule has 0 fully saturated rings. The van der Waals surface area contributed by atoms with E-state index in [-0.39, 0.29) is 11.4 Å². The zero-order valence-corrected chi connectivity index (χ0v) is 17.1. The number of fused-ring (bicyclic) bond motifs is 1. The van der Waals surface area contributed by atoms with Crippen LogP contribution in [0.25, 0.3) is 10.9 Å². The van der Waals surface area contributed by atoms with Crippen LogP contribution in [0.1, 0.15) is 16.2 Å². The molecular weight excluding hydrogens is 429 g/mol. The third-order valence-electron chi connectivity index (χ3n) is 3.99. The van der Waals surface area contributed by atoms with E-state index in [1.807, 2.05) is 0 Å². The SMILES string of the molecule is COC(=O)c1ccc2c(=O)[nH]c(CSc3nnc(Nc4cccc(F)c4)s3)nc2c1. The molecule has 2 aromatic heterocycles. The Morgan fingerprint density at radius 3 is 2.93 bits per heavy atom. The number of methoxy groups -OCH3 is 1. The predicted octanol–water partition coefficient (Wildman–Crippen LogP) is 3.74. The molecule has 0 radical (unpaired) electrons. The monoisotopic (exact) mass is 443 g/mol. The van der Waals surface area contributed by atoms with Crippen molar-refractivity contribution in [1.82, 2.24) is 20.2 Å². The first-order valence-electron chi connectivity index (χ1n) is 8.62. The number of aromatic nitrogens is 4. The van der Waals surface area contributed by atoms with Gasteiger partial charge in [0.15, 0.2) is 4.34 Å². The highest BCUT2D eigenvalue weighted by molar-refractivity contribution is 8.00. The number of rotatable bonds is 6. The maximum Gasteiger partial charge on any atom is 0.337 e. The van der Waals surface area contributed by atoms with Gasteiger partial charge >= 0.3 is 5.97 Å². The Hall–Kier alpha value is -3.31. The molecule has 0 saturated carbocycles. The number of nitrogens with zero attached hydrogens (tertiary/aromatic N) is 3. The van der Waals surface area contributed by atoms with Crippen LogP contribution < -0.4 is 10.9 Å². The minimum atomic E-state index is -0.498. The van der Waals surface area contributed by atoms with Crippen LogP contribution in [0, 0.1) is 5.82 Å². The topological polar surface area (TPSA) is 110 Å². The summed E-state index contributed by atoms with van der Waals surface area (Å²) in [6.45, 7) is 0. The molecule has 0 atom stereocenters. The summed E-state index contributed by atoms with van der Waals surface area (Å²) >= 11 is 2.64. The van der Waals surface area contributed by atoms with Crippen molar-refractivity contribution < 1.29 is 13.9 Å². The van der Waals surface area contributed by atoms with Gasteiger partial charge in [0.05, 0.1) is 29.3 Å². The van der Waals surface area contributed by atoms with Gasteiger partial charge in [-0.05, 0) is 36.4 Å². The van der Waals surface area contributed by atoms with Crippen molar-refractivity contribution in [3.05, 3.63) is 70.0 Å². The fourth-order valence-electron chi connectivity index (χ4n) is 2.64. The molecule has 2 heterocycles. The number of carbonyl (C=O) groups is 1. The number of nitrogens with one attached hydrogen (secondary N) is 2. The number of aromatic amines is 1. The number of esters is 1. The number of halogens is 1. The van der Waals surface area contributed by atoms with Crippen LogP contribution in [0.3, 0.4) is 0 Å². The van der Waals surface area contributed by atoms with Crippen LogP contribution in [-0.4, -0.2) is 33.2 Å². The minimum Gasteiger partial charge on any atom is -0.465 e. The van der Waals surface area contributed by atoms with Crippen molar-refractivity contribution in [2.24, 2.45) is 0 Å². The van der Waals surface area contributed by atoms with Crippen LogP contribution in [0.15, 0.2) is 51.6 Å². The molecule has 30 heavy (non-hydrogen) atoms. The Bertz CT molecular complexity index is 1290. The summed E-state index contributed by atoms with van der Waals surface area (Å²) < 4.78 is 18.6. The lowest BCUT2D eigenvalue weighted by Crippen LogP contribution is -2.12. The zero-order valence-electron chi connectivity index (χ0n) is 15.5. The van der Waals surface area contributed by atoms with E-state index in [9.17, 15) is 14.0 Å². The summed E-state index contributed by atoms with van der Waals surface area (Å²) in [6, 6.07) is 10.6. The largest absolute Gasteiger partial charge is 0.465 e. The molecule has 0 bridgehead atoms. The number of anilines is 2. The van der Waals surface area contributed by atoms with Gasteiger partial charge in [-0.15, -0.1) is 10.2 Å². The van der Waals surface area contributed by atoms with Gasteiger partial charge in [-0.1, -0.05) is 29.2 Å². The van der Waals surface area contributed by atoms with Gasteiger partial charge in [0.2, 0.25) is 5.13 Å². The Morgan fingerprint density at radius 1 is 1.27 bits per heavy atom. The number of hydrogen-bond acceptors (Lipinski definition) is 9. The molecule has 0 spiro atoms. The van der Waals surface area contributed by atoms with Crippen LogP contribution >= 0.6 is 23.1 Å². The molecule has 8 nitrogen and oxygen atoms in total. The molecule has 0 aliphatic carbocycles. The second kappa shape index (κ2) is 8.59. The smallest absolute Gasteiger partial charge is 0.337 e. The third kappa shape index (κ3) is 4.47. The van der Waals surface area contributed by atoms with Crippen molar-refractivity contribution in [2.75, 3.05) is 12.4 Å². The van der Waals surface area contributed by atoms with Crippen LogP contribution in [0.4, 0.5) is 15.2 Å². The Balaban J connectivity index is 1.49. The van der Waals surface area contributed by atoms with E-state index in [1.165, 1.54) is 54.5 Å². The fraction of sp³-hybridized carbons (Fsp3) is 0.105. The summed E-state index contributed by atoms with van der Waals surface area (Å²) in [5.74, 6) is -0.0559. The molecule has 0 unspecified atom stereocenters. The summed E-state index contributed by atoms with van der Waals surface area (Å²) in [7, 11) is 1.29. The molecule has 2 N–H and O–H groups in total. The molecular formula is C19H14FN5O3S2. The van der Waals surface area contributed by atoms with Crippen LogP contribution in [0.5, 0.6) is 0 Å². The van der Waals surface area contributed by atoms with Crippen LogP contribution in [0.2, 0.25) is 0 Å². The second-order valence-corrected chi connectivity index (χ2v) is 8.23. The highest BCUT2D eigenvalue weighted by Gasteiger charge is 2.11. The van der Waals surface area contributed by atoms with Gasteiger partial charge in [0, 0.05) is 5.69 Å². The number of carbonyl (C=O) groups excluding carboxylic acids is 1. The van der Waals surface area contributed by atoms with Gasteiger partial charge in [0.1, 0.15) is 11.6 Å². The van der Waals surface area contributed by atoms with Crippen molar-refractivity contribution in [3.63, 3.8) is 0 Å². The quantitative estimate of drug-likeness (QED) is 0.343. The minimum absolute atomic E-state index is 0.294. The van der Waals surface area contributed by atoms with E-state index in [0.29, 0.717) is 43.2 Å². The van der Waals surface area contributed by atoms with E-state index >= 15 is 0 Å². The lowest BCUT2D eigenvalue weighted by molar-refractivity contribution is 0.0601. The molecule has 0 aliphatic heterocycles. The van der Waals surface area contributed by atoms with Gasteiger partial charge in [-0.3, -0.25) is 4.79 Å². The van der Waals surface area contributed by atoms with E-state index in [0.717, 1.165) is 0 Å². The highest BCUT2D eigenvalue weighted by Crippen LogP contribution is 2.29. The molecule has 4 rings (SSSR count). The van der Waals surface area contributed by atoms with Gasteiger partial charge in [0.25, 0.3) is 5.56 Å². The molecule has 11 heteroatoms. The van der Waals surface area contributed by atoms with Crippen molar-refractivity contribution in [1.29, 1.82) is 0 Å². The summed E-state index contributed by atoms with van der Waals surface area (Å²) in [6.07, 6.45) is 0. The molecule has 4 aromatic rings. The lowest BCUT2D eigenvalue weighted by atomic mass is 10.1. The number of thioether (sulfide) groups is 1. The number of ether oxygens (including phenoxy) is 1. The van der Waals surface area contributed by atoms with E-state index in [4.69, 9.17) is 4.74 Å². The number of hydrogen-bond donors (Lipinski definition) is 2. The molecule has 152 valence electrons. The summed E-state index contributed by atoms with van der Waals surface area (Å²) in [5.41, 5.74) is 1.00. The third-order valence-corrected chi connectivity index (χ3v) is 5.97. The predicted molar refractivity (Wildman–Crippen MR) is 113 cm³/mol. The van der Waals surface area contributed by atoms with E-state index < -0.39 is 5.97 Å². The van der Waals surface area contributed by atoms with Gasteiger partial charge < -0.3 is 15.0 Å². The Labute approximate surface area is 177 Å². The second-order valence-electron chi connectivity index (χ2n) is 6.03. The van der Waals surface area contributed by atoms with Crippen LogP contribution in [-0.2, 0) is 10.5 Å². The van der Waals surface area contributed by atoms with Crippen molar-refractivity contribution in [3.8, 4) is 0 Å². The van der Waals surface area contributed by atoms with Gasteiger partial charge in [-0.25, -0.2) is 14.2 Å². The highest BCUT2D eigenvalue weighted by atomic mass is 32.2. The van der Waals surface area contributed by atoms with Crippen molar-refractivity contribution in [2.45, 2.75) is 10.1 Å². The average Bonchev–Trinajstić information content (AvgIpc) is 3.18. The van der Waals surface area contributed by atoms with E-state index in [1.54, 1.807) is 18.2 Å². The Morgan fingerprint density at radius 2 is 2.13 bits per heavy atom. The Kier molecular flexibility index (Phi) is 5.72. The molecule has 0 aliphatic rings. The number of H-pyrrole nitrogens is 1. The maximum absolute atomic E-state index is 13.3. The zero-order chi connectivity index (χ0) is 21.1. The van der Waals surface area contributed by atoms with Gasteiger partial charge in [-0.2, -0.15) is 0 Å². The fourth-order valence-corrected chi connectivity index (χ4v) is 4.28. The first-order chi connectivity index (χ1) is 14.5. The molecule has 2 aromatic carbocycles. The maximum atomic E-state index is 13.3. The molecule has 0 amide bonds. The normalized spacial score (nSPS) is 10.9. The first-order valence-corrected chi connectivity index (χ1v) is 10.4. The molecule has 0 saturated heterocycles. The summed E-state index contributed by atoms with van der Waals surface area (Å²) in [5, 5.41) is 12.0. The first kappa shape index (κ1) is 20.0. The van der Waals surface area contributed by atoms with E-state index in [2.05, 4.69) is 25.5 Å². The number of benzene rings is 2. The average molecular weight is 443 g/mol.